The molecule has 7 heteroatoms. The maximum Gasteiger partial charge on any atom is 0.347 e. The summed E-state index contributed by atoms with van der Waals surface area (Å²) in [5.41, 5.74) is -0.501. The second-order valence-electron chi connectivity index (χ2n) is 4.64. The third kappa shape index (κ3) is 3.90. The zero-order valence-corrected chi connectivity index (χ0v) is 10.3. The van der Waals surface area contributed by atoms with E-state index in [-0.39, 0.29) is 30.8 Å². The van der Waals surface area contributed by atoms with Gasteiger partial charge in [0.2, 0.25) is 5.91 Å². The molecule has 0 aliphatic heterocycles. The predicted molar refractivity (Wildman–Crippen MR) is 65.4 cm³/mol. The number of hydrogen-bond acceptors (Lipinski definition) is 4. The van der Waals surface area contributed by atoms with Gasteiger partial charge in [-0.3, -0.25) is 14.2 Å². The van der Waals surface area contributed by atoms with Gasteiger partial charge in [-0.25, -0.2) is 9.78 Å². The molecule has 1 amide bonds. The lowest BCUT2D eigenvalue weighted by Gasteiger charge is -2.16. The third-order valence-corrected chi connectivity index (χ3v) is 3.03. The molecule has 2 N–H and O–H groups in total. The molecule has 1 saturated carbocycles. The molecule has 2 rings (SSSR count). The largest absolute Gasteiger partial charge is 0.481 e. The van der Waals surface area contributed by atoms with Crippen molar-refractivity contribution in [2.45, 2.75) is 31.8 Å². The first-order valence-corrected chi connectivity index (χ1v) is 6.09. The Hall–Kier alpha value is -2.18. The van der Waals surface area contributed by atoms with Crippen LogP contribution in [-0.2, 0) is 16.1 Å². The van der Waals surface area contributed by atoms with Gasteiger partial charge in [0, 0.05) is 18.4 Å². The maximum atomic E-state index is 11.8. The fraction of sp³-hybridized carbons (Fsp3) is 0.500. The van der Waals surface area contributed by atoms with Crippen molar-refractivity contribution in [3.8, 4) is 0 Å². The number of carboxylic acids is 1. The average Bonchev–Trinajstić information content (AvgIpc) is 3.14. The molecule has 1 aliphatic rings. The smallest absolute Gasteiger partial charge is 0.347 e. The van der Waals surface area contributed by atoms with Crippen LogP contribution in [0.25, 0.3) is 0 Å². The first-order valence-electron chi connectivity index (χ1n) is 6.09. The third-order valence-electron chi connectivity index (χ3n) is 3.03. The first kappa shape index (κ1) is 13.3. The van der Waals surface area contributed by atoms with Crippen LogP contribution in [0.5, 0.6) is 0 Å². The lowest BCUT2D eigenvalue weighted by atomic mass is 10.1. The molecule has 1 unspecified atom stereocenters. The number of aliphatic carboxylic acids is 1. The second-order valence-corrected chi connectivity index (χ2v) is 4.64. The molecule has 1 atom stereocenters. The van der Waals surface area contributed by atoms with E-state index in [1.54, 1.807) is 6.07 Å². The summed E-state index contributed by atoms with van der Waals surface area (Å²) in [5.74, 6) is -1.06. The second kappa shape index (κ2) is 5.64. The highest BCUT2D eigenvalue weighted by molar-refractivity contribution is 5.77. The summed E-state index contributed by atoms with van der Waals surface area (Å²) < 4.78 is 1.18. The number of nitrogens with one attached hydrogen (secondary N) is 1. The van der Waals surface area contributed by atoms with Crippen molar-refractivity contribution in [1.29, 1.82) is 0 Å². The van der Waals surface area contributed by atoms with E-state index < -0.39 is 11.7 Å². The maximum absolute atomic E-state index is 11.8. The number of carbonyl (C=O) groups excluding carboxylic acids is 1. The van der Waals surface area contributed by atoms with Crippen LogP contribution in [0.2, 0.25) is 0 Å². The van der Waals surface area contributed by atoms with Crippen molar-refractivity contribution in [3.05, 3.63) is 28.9 Å². The number of carboxylic acid groups (broad SMARTS) is 1. The topological polar surface area (TPSA) is 101 Å². The minimum absolute atomic E-state index is 0.0850. The molecular weight excluding hydrogens is 250 g/mol. The standard InChI is InChI=1S/C12H15N3O4/c16-10(7-15-5-1-4-13-12(15)19)14-9(6-11(17)18)8-2-3-8/h1,4-5,8-9H,2-3,6-7H2,(H,14,16)(H,17,18). The van der Waals surface area contributed by atoms with Gasteiger partial charge >= 0.3 is 11.7 Å². The van der Waals surface area contributed by atoms with Gasteiger partial charge in [0.25, 0.3) is 0 Å². The van der Waals surface area contributed by atoms with Gasteiger partial charge in [-0.1, -0.05) is 0 Å². The zero-order valence-electron chi connectivity index (χ0n) is 10.3. The summed E-state index contributed by atoms with van der Waals surface area (Å²) in [5, 5.41) is 11.5. The molecule has 0 saturated heterocycles. The highest BCUT2D eigenvalue weighted by atomic mass is 16.4. The highest BCUT2D eigenvalue weighted by Crippen LogP contribution is 2.33. The molecule has 1 aliphatic carbocycles. The van der Waals surface area contributed by atoms with Crippen molar-refractivity contribution >= 4 is 11.9 Å². The fourth-order valence-corrected chi connectivity index (χ4v) is 1.94. The average molecular weight is 265 g/mol. The van der Waals surface area contributed by atoms with Gasteiger partial charge < -0.3 is 10.4 Å². The molecule has 0 aromatic carbocycles. The van der Waals surface area contributed by atoms with Crippen LogP contribution in [0.4, 0.5) is 0 Å². The minimum Gasteiger partial charge on any atom is -0.481 e. The Kier molecular flexibility index (Phi) is 3.94. The van der Waals surface area contributed by atoms with E-state index in [0.717, 1.165) is 12.8 Å². The number of amides is 1. The van der Waals surface area contributed by atoms with Crippen molar-refractivity contribution in [1.82, 2.24) is 14.9 Å². The van der Waals surface area contributed by atoms with Crippen molar-refractivity contribution in [2.75, 3.05) is 0 Å². The molecule has 1 heterocycles. The van der Waals surface area contributed by atoms with Crippen LogP contribution in [0.3, 0.4) is 0 Å². The fourth-order valence-electron chi connectivity index (χ4n) is 1.94. The Balaban J connectivity index is 1.94. The van der Waals surface area contributed by atoms with Crippen LogP contribution in [0.1, 0.15) is 19.3 Å². The minimum atomic E-state index is -0.934. The summed E-state index contributed by atoms with van der Waals surface area (Å²) in [6.45, 7) is -0.143. The van der Waals surface area contributed by atoms with Crippen LogP contribution in [0, 0.1) is 5.92 Å². The summed E-state index contributed by atoms with van der Waals surface area (Å²) in [4.78, 5) is 37.4. The monoisotopic (exact) mass is 265 g/mol. The van der Waals surface area contributed by atoms with Crippen LogP contribution >= 0.6 is 0 Å². The van der Waals surface area contributed by atoms with Gasteiger partial charge in [0.1, 0.15) is 6.54 Å². The molecule has 0 radical (unpaired) electrons. The number of nitrogens with zero attached hydrogens (tertiary/aromatic N) is 2. The van der Waals surface area contributed by atoms with Gasteiger partial charge in [-0.2, -0.15) is 0 Å². The molecule has 1 aromatic rings. The molecule has 102 valence electrons. The van der Waals surface area contributed by atoms with E-state index in [4.69, 9.17) is 5.11 Å². The Labute approximate surface area is 109 Å². The Morgan fingerprint density at radius 3 is 2.84 bits per heavy atom. The van der Waals surface area contributed by atoms with Gasteiger partial charge in [-0.05, 0) is 24.8 Å². The van der Waals surface area contributed by atoms with Crippen molar-refractivity contribution < 1.29 is 14.7 Å². The molecule has 0 spiro atoms. The van der Waals surface area contributed by atoms with Gasteiger partial charge in [0.15, 0.2) is 0 Å². The highest BCUT2D eigenvalue weighted by Gasteiger charge is 2.33. The van der Waals surface area contributed by atoms with E-state index in [2.05, 4.69) is 10.3 Å². The number of rotatable bonds is 6. The van der Waals surface area contributed by atoms with Gasteiger partial charge in [0.05, 0.1) is 6.42 Å². The van der Waals surface area contributed by atoms with Gasteiger partial charge in [-0.15, -0.1) is 0 Å². The lowest BCUT2D eigenvalue weighted by Crippen LogP contribution is -2.41. The molecule has 19 heavy (non-hydrogen) atoms. The van der Waals surface area contributed by atoms with E-state index in [9.17, 15) is 14.4 Å². The van der Waals surface area contributed by atoms with Crippen molar-refractivity contribution in [2.24, 2.45) is 5.92 Å². The van der Waals surface area contributed by atoms with Crippen LogP contribution in [0.15, 0.2) is 23.3 Å². The van der Waals surface area contributed by atoms with Crippen LogP contribution < -0.4 is 11.0 Å². The molecule has 7 nitrogen and oxygen atoms in total. The van der Waals surface area contributed by atoms with E-state index >= 15 is 0 Å². The van der Waals surface area contributed by atoms with Crippen molar-refractivity contribution in [3.63, 3.8) is 0 Å². The molecule has 1 fully saturated rings. The Morgan fingerprint density at radius 2 is 2.26 bits per heavy atom. The van der Waals surface area contributed by atoms with E-state index in [1.807, 2.05) is 0 Å². The number of hydrogen-bond donors (Lipinski definition) is 2. The summed E-state index contributed by atoms with van der Waals surface area (Å²) in [7, 11) is 0. The molecular formula is C12H15N3O4. The normalized spacial score (nSPS) is 15.8. The van der Waals surface area contributed by atoms with Crippen LogP contribution in [-0.4, -0.2) is 32.6 Å². The molecule has 1 aromatic heterocycles. The summed E-state index contributed by atoms with van der Waals surface area (Å²) in [6, 6.07) is 1.21. The summed E-state index contributed by atoms with van der Waals surface area (Å²) >= 11 is 0. The first-order chi connectivity index (χ1) is 9.06. The van der Waals surface area contributed by atoms with E-state index in [1.165, 1.54) is 17.0 Å². The number of aromatic nitrogens is 2. The molecule has 0 bridgehead atoms. The Morgan fingerprint density at radius 1 is 1.53 bits per heavy atom. The lowest BCUT2D eigenvalue weighted by molar-refractivity contribution is -0.137. The predicted octanol–water partition coefficient (Wildman–Crippen LogP) is -0.387. The Bertz CT molecular complexity index is 536. The van der Waals surface area contributed by atoms with E-state index in [0.29, 0.717) is 0 Å². The SMILES string of the molecule is O=C(O)CC(NC(=O)Cn1cccnc1=O)C1CC1. The summed E-state index contributed by atoms with van der Waals surface area (Å²) in [6.07, 6.45) is 4.61. The zero-order chi connectivity index (χ0) is 13.8. The number of carbonyl (C=O) groups is 2. The quantitative estimate of drug-likeness (QED) is 0.729.